The summed E-state index contributed by atoms with van der Waals surface area (Å²) in [5, 5.41) is 4.71. The van der Waals surface area contributed by atoms with Crippen molar-refractivity contribution in [1.29, 1.82) is 0 Å². The van der Waals surface area contributed by atoms with Gasteiger partial charge in [0.25, 0.3) is 0 Å². The summed E-state index contributed by atoms with van der Waals surface area (Å²) in [6, 6.07) is 4.38. The molecule has 0 saturated heterocycles. The van der Waals surface area contributed by atoms with Gasteiger partial charge in [0.15, 0.2) is 5.75 Å². The molecule has 1 aromatic rings. The number of methoxy groups -OCH3 is 1. The molecule has 6 nitrogen and oxygen atoms in total. The number of rotatable bonds is 3. The van der Waals surface area contributed by atoms with E-state index in [0.29, 0.717) is 0 Å². The van der Waals surface area contributed by atoms with Crippen LogP contribution in [0.15, 0.2) is 18.2 Å². The molecule has 1 aromatic carbocycles. The Bertz CT molecular complexity index is 509. The maximum Gasteiger partial charge on any atom is 0.380 e. The van der Waals surface area contributed by atoms with Gasteiger partial charge in [-0.3, -0.25) is 0 Å². The number of nitrogens with two attached hydrogens (primary N) is 1. The minimum atomic E-state index is -4.16. The molecule has 0 bridgehead atoms. The first-order valence-corrected chi connectivity index (χ1v) is 5.72. The molecule has 0 unspecified atom stereocenters. The van der Waals surface area contributed by atoms with Gasteiger partial charge in [0.1, 0.15) is 5.56 Å². The van der Waals surface area contributed by atoms with Gasteiger partial charge >= 0.3 is 16.3 Å². The second kappa shape index (κ2) is 4.50. The van der Waals surface area contributed by atoms with Gasteiger partial charge in [-0.15, -0.1) is 0 Å². The Labute approximate surface area is 93.2 Å². The molecule has 1 rings (SSSR count). The summed E-state index contributed by atoms with van der Waals surface area (Å²) in [5.41, 5.74) is 0.777. The quantitative estimate of drug-likeness (QED) is 0.776. The molecule has 0 saturated carbocycles. The Morgan fingerprint density at radius 3 is 2.50 bits per heavy atom. The largest absolute Gasteiger partial charge is 0.465 e. The normalized spacial score (nSPS) is 10.9. The molecule has 0 aromatic heterocycles. The molecule has 88 valence electrons. The highest BCUT2D eigenvalue weighted by Crippen LogP contribution is 2.21. The average Bonchev–Trinajstić information content (AvgIpc) is 2.17. The molecule has 7 heteroatoms. The van der Waals surface area contributed by atoms with Crippen LogP contribution in [0.1, 0.15) is 15.9 Å². The summed E-state index contributed by atoms with van der Waals surface area (Å²) in [7, 11) is -2.98. The van der Waals surface area contributed by atoms with E-state index in [1.165, 1.54) is 19.2 Å². The van der Waals surface area contributed by atoms with Crippen LogP contribution in [0, 0.1) is 6.92 Å². The van der Waals surface area contributed by atoms with E-state index in [1.54, 1.807) is 13.0 Å². The van der Waals surface area contributed by atoms with E-state index < -0.39 is 16.3 Å². The van der Waals surface area contributed by atoms with E-state index in [2.05, 4.69) is 8.92 Å². The van der Waals surface area contributed by atoms with E-state index in [4.69, 9.17) is 5.14 Å². The highest BCUT2D eigenvalue weighted by Gasteiger charge is 2.16. The number of hydrogen-bond donors (Lipinski definition) is 1. The van der Waals surface area contributed by atoms with Crippen LogP contribution < -0.4 is 9.32 Å². The van der Waals surface area contributed by atoms with Gasteiger partial charge in [-0.2, -0.15) is 13.6 Å². The Morgan fingerprint density at radius 1 is 1.38 bits per heavy atom. The lowest BCUT2D eigenvalue weighted by Gasteiger charge is -2.08. The summed E-state index contributed by atoms with van der Waals surface area (Å²) in [5.74, 6) is -0.845. The summed E-state index contributed by atoms with van der Waals surface area (Å²) in [6.45, 7) is 1.74. The number of hydrogen-bond acceptors (Lipinski definition) is 5. The van der Waals surface area contributed by atoms with Crippen LogP contribution in [-0.4, -0.2) is 21.5 Å². The van der Waals surface area contributed by atoms with Crippen molar-refractivity contribution in [3.05, 3.63) is 29.3 Å². The smallest absolute Gasteiger partial charge is 0.380 e. The summed E-state index contributed by atoms with van der Waals surface area (Å²) in [4.78, 5) is 11.3. The maximum absolute atomic E-state index is 11.3. The SMILES string of the molecule is COC(=O)c1cc(C)ccc1OS(N)(=O)=O. The van der Waals surface area contributed by atoms with Crippen molar-refractivity contribution >= 4 is 16.3 Å². The summed E-state index contributed by atoms with van der Waals surface area (Å²) in [6.07, 6.45) is 0. The van der Waals surface area contributed by atoms with Crippen molar-refractivity contribution in [1.82, 2.24) is 0 Å². The topological polar surface area (TPSA) is 95.7 Å². The van der Waals surface area contributed by atoms with Crippen molar-refractivity contribution in [2.75, 3.05) is 7.11 Å². The lowest BCUT2D eigenvalue weighted by molar-refractivity contribution is 0.0599. The maximum atomic E-state index is 11.3. The van der Waals surface area contributed by atoms with Crippen LogP contribution >= 0.6 is 0 Å². The second-order valence-electron chi connectivity index (χ2n) is 3.07. The van der Waals surface area contributed by atoms with Gasteiger partial charge in [-0.25, -0.2) is 4.79 Å². The van der Waals surface area contributed by atoms with Crippen LogP contribution in [0.2, 0.25) is 0 Å². The monoisotopic (exact) mass is 245 g/mol. The third kappa shape index (κ3) is 3.21. The highest BCUT2D eigenvalue weighted by molar-refractivity contribution is 7.84. The van der Waals surface area contributed by atoms with Crippen LogP contribution in [0.3, 0.4) is 0 Å². The minimum absolute atomic E-state index is 0.0107. The van der Waals surface area contributed by atoms with Gasteiger partial charge in [0, 0.05) is 0 Å². The van der Waals surface area contributed by atoms with E-state index in [-0.39, 0.29) is 11.3 Å². The number of carbonyl (C=O) groups excluding carboxylic acids is 1. The molecular formula is C9H11NO5S. The van der Waals surface area contributed by atoms with E-state index >= 15 is 0 Å². The third-order valence-corrected chi connectivity index (χ3v) is 2.16. The second-order valence-corrected chi connectivity index (χ2v) is 4.22. The van der Waals surface area contributed by atoms with Crippen molar-refractivity contribution in [2.45, 2.75) is 6.92 Å². The number of esters is 1. The fourth-order valence-corrected chi connectivity index (χ4v) is 1.51. The zero-order valence-corrected chi connectivity index (χ0v) is 9.58. The molecule has 0 aliphatic rings. The van der Waals surface area contributed by atoms with E-state index in [9.17, 15) is 13.2 Å². The van der Waals surface area contributed by atoms with Crippen LogP contribution in [0.5, 0.6) is 5.75 Å². The first-order valence-electron chi connectivity index (χ1n) is 4.24. The number of benzene rings is 1. The lowest BCUT2D eigenvalue weighted by Crippen LogP contribution is -2.20. The Hall–Kier alpha value is -1.60. The predicted octanol–water partition coefficient (Wildman–Crippen LogP) is 0.364. The molecule has 0 spiro atoms. The fourth-order valence-electron chi connectivity index (χ4n) is 1.11. The average molecular weight is 245 g/mol. The van der Waals surface area contributed by atoms with Crippen LogP contribution in [-0.2, 0) is 15.0 Å². The van der Waals surface area contributed by atoms with Gasteiger partial charge in [-0.05, 0) is 24.6 Å². The lowest BCUT2D eigenvalue weighted by atomic mass is 10.1. The third-order valence-electron chi connectivity index (χ3n) is 1.75. The van der Waals surface area contributed by atoms with Crippen molar-refractivity contribution < 1.29 is 22.1 Å². The predicted molar refractivity (Wildman–Crippen MR) is 56.3 cm³/mol. The Kier molecular flexibility index (Phi) is 3.51. The van der Waals surface area contributed by atoms with Crippen molar-refractivity contribution in [2.24, 2.45) is 5.14 Å². The van der Waals surface area contributed by atoms with Gasteiger partial charge in [0.2, 0.25) is 0 Å². The molecule has 0 aliphatic carbocycles. The molecule has 0 amide bonds. The zero-order chi connectivity index (χ0) is 12.3. The fraction of sp³-hybridized carbons (Fsp3) is 0.222. The van der Waals surface area contributed by atoms with Crippen LogP contribution in [0.4, 0.5) is 0 Å². The van der Waals surface area contributed by atoms with Gasteiger partial charge in [0.05, 0.1) is 7.11 Å². The molecule has 0 fully saturated rings. The number of ether oxygens (including phenoxy) is 1. The number of carbonyl (C=O) groups is 1. The first-order chi connectivity index (χ1) is 7.33. The van der Waals surface area contributed by atoms with E-state index in [1.807, 2.05) is 0 Å². The minimum Gasteiger partial charge on any atom is -0.465 e. The molecule has 0 atom stereocenters. The summed E-state index contributed by atoms with van der Waals surface area (Å²) < 4.78 is 30.5. The van der Waals surface area contributed by atoms with Crippen molar-refractivity contribution in [3.63, 3.8) is 0 Å². The highest BCUT2D eigenvalue weighted by atomic mass is 32.2. The molecule has 0 aliphatic heterocycles. The molecule has 2 N–H and O–H groups in total. The van der Waals surface area contributed by atoms with Gasteiger partial charge < -0.3 is 8.92 Å². The molecule has 0 heterocycles. The molecule has 16 heavy (non-hydrogen) atoms. The standard InChI is InChI=1S/C9H11NO5S/c1-6-3-4-8(15-16(10,12)13)7(5-6)9(11)14-2/h3-5H,1-2H3,(H2,10,12,13). The summed E-state index contributed by atoms with van der Waals surface area (Å²) >= 11 is 0. The van der Waals surface area contributed by atoms with Gasteiger partial charge in [-0.1, -0.05) is 6.07 Å². The molecule has 0 radical (unpaired) electrons. The van der Waals surface area contributed by atoms with Crippen LogP contribution in [0.25, 0.3) is 0 Å². The van der Waals surface area contributed by atoms with Crippen molar-refractivity contribution in [3.8, 4) is 5.75 Å². The first kappa shape index (κ1) is 12.5. The molecular weight excluding hydrogens is 234 g/mol. The Morgan fingerprint density at radius 2 is 2.00 bits per heavy atom. The zero-order valence-electron chi connectivity index (χ0n) is 8.76. The Balaban J connectivity index is 3.23. The number of aryl methyl sites for hydroxylation is 1. The van der Waals surface area contributed by atoms with E-state index in [0.717, 1.165) is 5.56 Å².